The van der Waals surface area contributed by atoms with E-state index < -0.39 is 15.0 Å². The number of imidazole rings is 1. The van der Waals surface area contributed by atoms with Crippen LogP contribution >= 0.6 is 0 Å². The summed E-state index contributed by atoms with van der Waals surface area (Å²) in [6.07, 6.45) is 1.91. The van der Waals surface area contributed by atoms with Gasteiger partial charge in [-0.05, 0) is 54.4 Å². The Morgan fingerprint density at radius 3 is 2.41 bits per heavy atom. The fourth-order valence-electron chi connectivity index (χ4n) is 3.92. The lowest BCUT2D eigenvalue weighted by molar-refractivity contribution is -0.384. The Kier molecular flexibility index (Phi) is 6.33. The Bertz CT molecular complexity index is 1700. The number of rotatable bonds is 8. The standard InChI is InChI=1S/C27H22N4O5S/c1-19-15-16-30-25(17-19)29-26(27(30)28-18-20-7-3-2-4-8-20)23-9-5-6-10-24(23)36-37(34,35)22-13-11-21(12-14-22)31(32)33/h2-17,28H,18H2,1H3. The lowest BCUT2D eigenvalue weighted by Gasteiger charge is -2.13. The topological polar surface area (TPSA) is 116 Å². The van der Waals surface area contributed by atoms with E-state index >= 15 is 0 Å². The van der Waals surface area contributed by atoms with Gasteiger partial charge in [-0.2, -0.15) is 8.42 Å². The van der Waals surface area contributed by atoms with Gasteiger partial charge in [0.15, 0.2) is 5.75 Å². The van der Waals surface area contributed by atoms with Crippen molar-refractivity contribution in [1.82, 2.24) is 9.38 Å². The number of pyridine rings is 1. The molecular weight excluding hydrogens is 492 g/mol. The van der Waals surface area contributed by atoms with Crippen LogP contribution in [0.4, 0.5) is 11.5 Å². The van der Waals surface area contributed by atoms with E-state index in [-0.39, 0.29) is 16.3 Å². The first-order valence-corrected chi connectivity index (χ1v) is 12.8. The van der Waals surface area contributed by atoms with Crippen LogP contribution in [-0.2, 0) is 16.7 Å². The average molecular weight is 515 g/mol. The fourth-order valence-corrected chi connectivity index (χ4v) is 4.87. The van der Waals surface area contributed by atoms with Crippen LogP contribution < -0.4 is 9.50 Å². The number of hydrogen-bond acceptors (Lipinski definition) is 7. The van der Waals surface area contributed by atoms with Crippen molar-refractivity contribution in [3.63, 3.8) is 0 Å². The summed E-state index contributed by atoms with van der Waals surface area (Å²) < 4.78 is 33.5. The number of anilines is 1. The highest BCUT2D eigenvalue weighted by Crippen LogP contribution is 2.37. The van der Waals surface area contributed by atoms with Gasteiger partial charge in [0.1, 0.15) is 22.1 Å². The first-order chi connectivity index (χ1) is 17.8. The van der Waals surface area contributed by atoms with Gasteiger partial charge in [0.05, 0.1) is 4.92 Å². The smallest absolute Gasteiger partial charge is 0.339 e. The number of nitrogens with zero attached hydrogens (tertiary/aromatic N) is 3. The summed E-state index contributed by atoms with van der Waals surface area (Å²) >= 11 is 0. The van der Waals surface area contributed by atoms with Crippen molar-refractivity contribution in [2.45, 2.75) is 18.4 Å². The summed E-state index contributed by atoms with van der Waals surface area (Å²) in [7, 11) is -4.27. The van der Waals surface area contributed by atoms with Gasteiger partial charge in [0.25, 0.3) is 5.69 Å². The number of non-ortho nitro benzene ring substituents is 1. The van der Waals surface area contributed by atoms with E-state index in [2.05, 4.69) is 5.32 Å². The average Bonchev–Trinajstić information content (AvgIpc) is 3.25. The Labute approximate surface area is 213 Å². The number of aryl methyl sites for hydroxylation is 1. The molecule has 9 nitrogen and oxygen atoms in total. The number of fused-ring (bicyclic) bond motifs is 1. The molecule has 5 rings (SSSR count). The molecule has 2 aromatic heterocycles. The van der Waals surface area contributed by atoms with Crippen molar-refractivity contribution in [2.75, 3.05) is 5.32 Å². The summed E-state index contributed by atoms with van der Waals surface area (Å²) in [5.74, 6) is 0.770. The third kappa shape index (κ3) is 5.00. The van der Waals surface area contributed by atoms with Crippen LogP contribution in [0.3, 0.4) is 0 Å². The zero-order chi connectivity index (χ0) is 26.0. The van der Waals surface area contributed by atoms with Gasteiger partial charge >= 0.3 is 10.1 Å². The molecular formula is C27H22N4O5S. The third-order valence-corrected chi connectivity index (χ3v) is 7.01. The molecule has 0 saturated heterocycles. The normalized spacial score (nSPS) is 11.4. The second-order valence-corrected chi connectivity index (χ2v) is 9.91. The highest BCUT2D eigenvalue weighted by Gasteiger charge is 2.23. The largest absolute Gasteiger partial charge is 0.378 e. The predicted molar refractivity (Wildman–Crippen MR) is 140 cm³/mol. The molecule has 0 bridgehead atoms. The molecule has 0 amide bonds. The van der Waals surface area contributed by atoms with E-state index in [4.69, 9.17) is 9.17 Å². The van der Waals surface area contributed by atoms with E-state index in [1.54, 1.807) is 24.3 Å². The molecule has 3 aromatic carbocycles. The molecule has 0 saturated carbocycles. The quantitative estimate of drug-likeness (QED) is 0.163. The lowest BCUT2D eigenvalue weighted by Crippen LogP contribution is -2.10. The van der Waals surface area contributed by atoms with E-state index in [0.717, 1.165) is 35.4 Å². The van der Waals surface area contributed by atoms with E-state index in [9.17, 15) is 18.5 Å². The maximum atomic E-state index is 13.0. The van der Waals surface area contributed by atoms with Crippen LogP contribution in [0.25, 0.3) is 16.9 Å². The summed E-state index contributed by atoms with van der Waals surface area (Å²) in [4.78, 5) is 14.9. The minimum Gasteiger partial charge on any atom is -0.378 e. The van der Waals surface area contributed by atoms with Crippen LogP contribution in [0.2, 0.25) is 0 Å². The number of nitro groups is 1. The minimum absolute atomic E-state index is 0.0868. The molecule has 0 aliphatic rings. The summed E-state index contributed by atoms with van der Waals surface area (Å²) in [6, 6.07) is 25.1. The van der Waals surface area contributed by atoms with Crippen LogP contribution in [0, 0.1) is 17.0 Å². The maximum absolute atomic E-state index is 13.0. The molecule has 186 valence electrons. The van der Waals surface area contributed by atoms with Crippen LogP contribution in [0.15, 0.2) is 102 Å². The van der Waals surface area contributed by atoms with Gasteiger partial charge in [-0.3, -0.25) is 14.5 Å². The van der Waals surface area contributed by atoms with Crippen LogP contribution in [-0.4, -0.2) is 22.7 Å². The first kappa shape index (κ1) is 24.0. The van der Waals surface area contributed by atoms with Crippen molar-refractivity contribution in [1.29, 1.82) is 0 Å². The van der Waals surface area contributed by atoms with E-state index in [0.29, 0.717) is 29.3 Å². The maximum Gasteiger partial charge on any atom is 0.339 e. The van der Waals surface area contributed by atoms with E-state index in [1.165, 1.54) is 0 Å². The number of aromatic nitrogens is 2. The molecule has 0 aliphatic carbocycles. The number of nitro benzene ring substituents is 1. The Morgan fingerprint density at radius 1 is 0.973 bits per heavy atom. The zero-order valence-electron chi connectivity index (χ0n) is 19.7. The number of para-hydroxylation sites is 1. The Balaban J connectivity index is 1.55. The number of hydrogen-bond donors (Lipinski definition) is 1. The van der Waals surface area contributed by atoms with Gasteiger partial charge < -0.3 is 9.50 Å². The van der Waals surface area contributed by atoms with Crippen molar-refractivity contribution < 1.29 is 17.5 Å². The Hall–Kier alpha value is -4.70. The van der Waals surface area contributed by atoms with Crippen molar-refractivity contribution in [3.05, 3.63) is 118 Å². The van der Waals surface area contributed by atoms with Gasteiger partial charge in [-0.1, -0.05) is 42.5 Å². The minimum atomic E-state index is -4.27. The van der Waals surface area contributed by atoms with Gasteiger partial charge in [0.2, 0.25) is 0 Å². The molecule has 0 atom stereocenters. The molecule has 0 radical (unpaired) electrons. The molecule has 10 heteroatoms. The van der Waals surface area contributed by atoms with E-state index in [1.807, 2.05) is 60.0 Å². The second kappa shape index (κ2) is 9.75. The van der Waals surface area contributed by atoms with Crippen molar-refractivity contribution in [3.8, 4) is 17.0 Å². The predicted octanol–water partition coefficient (Wildman–Crippen LogP) is 5.60. The fraction of sp³-hybridized carbons (Fsp3) is 0.0741. The van der Waals surface area contributed by atoms with Crippen LogP contribution in [0.5, 0.6) is 5.75 Å². The molecule has 37 heavy (non-hydrogen) atoms. The molecule has 5 aromatic rings. The zero-order valence-corrected chi connectivity index (χ0v) is 20.6. The van der Waals surface area contributed by atoms with Gasteiger partial charge in [0, 0.05) is 30.4 Å². The second-order valence-electron chi connectivity index (χ2n) is 8.37. The molecule has 1 N–H and O–H groups in total. The van der Waals surface area contributed by atoms with Gasteiger partial charge in [-0.25, -0.2) is 4.98 Å². The summed E-state index contributed by atoms with van der Waals surface area (Å²) in [5, 5.41) is 14.4. The van der Waals surface area contributed by atoms with Gasteiger partial charge in [-0.15, -0.1) is 0 Å². The van der Waals surface area contributed by atoms with Crippen LogP contribution in [0.1, 0.15) is 11.1 Å². The molecule has 0 fully saturated rings. The lowest BCUT2D eigenvalue weighted by atomic mass is 10.1. The molecule has 0 aliphatic heterocycles. The highest BCUT2D eigenvalue weighted by atomic mass is 32.2. The molecule has 0 spiro atoms. The third-order valence-electron chi connectivity index (χ3n) is 5.76. The number of nitrogens with one attached hydrogen (secondary N) is 1. The van der Waals surface area contributed by atoms with Crippen molar-refractivity contribution >= 4 is 27.3 Å². The SMILES string of the molecule is Cc1ccn2c(NCc3ccccc3)c(-c3ccccc3OS(=O)(=O)c3ccc([N+](=O)[O-])cc3)nc2c1. The highest BCUT2D eigenvalue weighted by molar-refractivity contribution is 7.87. The van der Waals surface area contributed by atoms with Crippen molar-refractivity contribution in [2.24, 2.45) is 0 Å². The summed E-state index contributed by atoms with van der Waals surface area (Å²) in [5.41, 5.74) is 3.58. The first-order valence-electron chi connectivity index (χ1n) is 11.4. The monoisotopic (exact) mass is 514 g/mol. The molecule has 2 heterocycles. The Morgan fingerprint density at radius 2 is 1.68 bits per heavy atom. The molecule has 0 unspecified atom stereocenters. The summed E-state index contributed by atoms with van der Waals surface area (Å²) in [6.45, 7) is 2.50. The number of benzene rings is 3.